The number of anilines is 1. The minimum atomic E-state index is -4.47. The van der Waals surface area contributed by atoms with E-state index >= 15 is 0 Å². The lowest BCUT2D eigenvalue weighted by molar-refractivity contribution is -0.148. The SMILES string of the molecule is C[C@@H](OC(=O)/C=C/c1ccc(C(F)(F)F)cc1)C(=O)Nc1c(F)cccc1F. The summed E-state index contributed by atoms with van der Waals surface area (Å²) >= 11 is 0. The number of para-hydroxylation sites is 1. The maximum atomic E-state index is 13.5. The van der Waals surface area contributed by atoms with Crippen molar-refractivity contribution < 1.29 is 36.3 Å². The number of benzene rings is 2. The molecule has 1 atom stereocenters. The van der Waals surface area contributed by atoms with Gasteiger partial charge in [0.1, 0.15) is 17.3 Å². The number of nitrogens with one attached hydrogen (secondary N) is 1. The molecule has 0 aliphatic heterocycles. The molecular formula is C19H14F5NO3. The predicted octanol–water partition coefficient (Wildman–Crippen LogP) is 4.57. The molecule has 148 valence electrons. The lowest BCUT2D eigenvalue weighted by Crippen LogP contribution is -2.30. The lowest BCUT2D eigenvalue weighted by Gasteiger charge is -2.13. The highest BCUT2D eigenvalue weighted by molar-refractivity contribution is 5.96. The number of alkyl halides is 3. The molecular weight excluding hydrogens is 385 g/mol. The second-order valence-corrected chi connectivity index (χ2v) is 5.62. The van der Waals surface area contributed by atoms with Crippen LogP contribution < -0.4 is 5.32 Å². The third-order valence-corrected chi connectivity index (χ3v) is 3.52. The monoisotopic (exact) mass is 399 g/mol. The van der Waals surface area contributed by atoms with Crippen molar-refractivity contribution in [1.82, 2.24) is 0 Å². The molecule has 2 aromatic carbocycles. The number of hydrogen-bond acceptors (Lipinski definition) is 3. The number of hydrogen-bond donors (Lipinski definition) is 1. The molecule has 1 amide bonds. The normalized spacial score (nSPS) is 12.6. The predicted molar refractivity (Wildman–Crippen MR) is 91.0 cm³/mol. The van der Waals surface area contributed by atoms with Gasteiger partial charge in [0, 0.05) is 6.08 Å². The van der Waals surface area contributed by atoms with Gasteiger partial charge in [0.25, 0.3) is 5.91 Å². The molecule has 2 aromatic rings. The molecule has 0 radical (unpaired) electrons. The topological polar surface area (TPSA) is 55.4 Å². The first kappa shape index (κ1) is 21.1. The van der Waals surface area contributed by atoms with Gasteiger partial charge < -0.3 is 10.1 Å². The Morgan fingerprint density at radius 3 is 2.14 bits per heavy atom. The van der Waals surface area contributed by atoms with Crippen molar-refractivity contribution in [2.45, 2.75) is 19.2 Å². The summed E-state index contributed by atoms with van der Waals surface area (Å²) in [5.74, 6) is -3.90. The molecule has 2 rings (SSSR count). The van der Waals surface area contributed by atoms with Crippen molar-refractivity contribution in [3.63, 3.8) is 0 Å². The van der Waals surface area contributed by atoms with Gasteiger partial charge in [-0.25, -0.2) is 13.6 Å². The van der Waals surface area contributed by atoms with Crippen LogP contribution in [0.5, 0.6) is 0 Å². The highest BCUT2D eigenvalue weighted by atomic mass is 19.4. The van der Waals surface area contributed by atoms with Crippen LogP contribution >= 0.6 is 0 Å². The van der Waals surface area contributed by atoms with Crippen molar-refractivity contribution in [2.24, 2.45) is 0 Å². The summed E-state index contributed by atoms with van der Waals surface area (Å²) in [7, 11) is 0. The number of carbonyl (C=O) groups excluding carboxylic acids is 2. The zero-order valence-electron chi connectivity index (χ0n) is 14.4. The van der Waals surface area contributed by atoms with Gasteiger partial charge in [-0.1, -0.05) is 18.2 Å². The molecule has 1 N–H and O–H groups in total. The Morgan fingerprint density at radius 2 is 1.61 bits per heavy atom. The highest BCUT2D eigenvalue weighted by Crippen LogP contribution is 2.29. The van der Waals surface area contributed by atoms with Crippen molar-refractivity contribution in [3.8, 4) is 0 Å². The molecule has 0 heterocycles. The van der Waals surface area contributed by atoms with Crippen molar-refractivity contribution >= 4 is 23.6 Å². The molecule has 0 fully saturated rings. The van der Waals surface area contributed by atoms with E-state index in [-0.39, 0.29) is 0 Å². The van der Waals surface area contributed by atoms with Gasteiger partial charge in [-0.05, 0) is 42.8 Å². The maximum absolute atomic E-state index is 13.5. The fourth-order valence-corrected chi connectivity index (χ4v) is 2.06. The van der Waals surface area contributed by atoms with Gasteiger partial charge in [0.15, 0.2) is 6.10 Å². The molecule has 0 aromatic heterocycles. The van der Waals surface area contributed by atoms with E-state index in [1.807, 2.05) is 5.32 Å². The molecule has 0 spiro atoms. The first-order valence-corrected chi connectivity index (χ1v) is 7.89. The van der Waals surface area contributed by atoms with Crippen LogP contribution in [-0.2, 0) is 20.5 Å². The highest BCUT2D eigenvalue weighted by Gasteiger charge is 2.29. The van der Waals surface area contributed by atoms with Crippen molar-refractivity contribution in [2.75, 3.05) is 5.32 Å². The summed E-state index contributed by atoms with van der Waals surface area (Å²) in [6.07, 6.45) is -3.73. The Morgan fingerprint density at radius 1 is 1.04 bits per heavy atom. The molecule has 0 saturated carbocycles. The molecule has 4 nitrogen and oxygen atoms in total. The van der Waals surface area contributed by atoms with Gasteiger partial charge in [0.05, 0.1) is 5.56 Å². The maximum Gasteiger partial charge on any atom is 0.416 e. The van der Waals surface area contributed by atoms with E-state index in [2.05, 4.69) is 0 Å². The van der Waals surface area contributed by atoms with E-state index in [0.717, 1.165) is 48.5 Å². The number of halogens is 5. The van der Waals surface area contributed by atoms with Crippen molar-refractivity contribution in [1.29, 1.82) is 0 Å². The molecule has 0 saturated heterocycles. The number of ether oxygens (including phenoxy) is 1. The van der Waals surface area contributed by atoms with E-state index in [1.165, 1.54) is 13.0 Å². The number of esters is 1. The summed E-state index contributed by atoms with van der Waals surface area (Å²) in [5.41, 5.74) is -1.20. The van der Waals surface area contributed by atoms with Crippen LogP contribution in [0.15, 0.2) is 48.5 Å². The van der Waals surface area contributed by atoms with Crippen LogP contribution in [0.25, 0.3) is 6.08 Å². The zero-order valence-corrected chi connectivity index (χ0v) is 14.4. The Hall–Kier alpha value is -3.23. The molecule has 0 aliphatic carbocycles. The van der Waals surface area contributed by atoms with Crippen molar-refractivity contribution in [3.05, 3.63) is 71.3 Å². The van der Waals surface area contributed by atoms with E-state index in [1.54, 1.807) is 0 Å². The van der Waals surface area contributed by atoms with E-state index in [4.69, 9.17) is 4.74 Å². The second kappa shape index (κ2) is 8.64. The summed E-state index contributed by atoms with van der Waals surface area (Å²) in [5, 5.41) is 1.98. The smallest absolute Gasteiger partial charge is 0.416 e. The summed E-state index contributed by atoms with van der Waals surface area (Å²) < 4.78 is 69.3. The number of amides is 1. The van der Waals surface area contributed by atoms with E-state index in [9.17, 15) is 31.5 Å². The Kier molecular flexibility index (Phi) is 6.50. The third-order valence-electron chi connectivity index (χ3n) is 3.52. The van der Waals surface area contributed by atoms with Crippen LogP contribution in [-0.4, -0.2) is 18.0 Å². The van der Waals surface area contributed by atoms with E-state index in [0.29, 0.717) is 5.56 Å². The van der Waals surface area contributed by atoms with Crippen LogP contribution in [0.3, 0.4) is 0 Å². The largest absolute Gasteiger partial charge is 0.449 e. The van der Waals surface area contributed by atoms with Crippen LogP contribution in [0.2, 0.25) is 0 Å². The standard InChI is InChI=1S/C19H14F5NO3/c1-11(18(27)25-17-14(20)3-2-4-15(17)21)28-16(26)10-7-12-5-8-13(9-6-12)19(22,23)24/h2-11H,1H3,(H,25,27)/b10-7+/t11-/m1/s1. The Bertz CT molecular complexity index is 871. The van der Waals surface area contributed by atoms with Gasteiger partial charge >= 0.3 is 12.1 Å². The minimum Gasteiger partial charge on any atom is -0.449 e. The molecule has 9 heteroatoms. The first-order chi connectivity index (χ1) is 13.1. The molecule has 0 unspecified atom stereocenters. The van der Waals surface area contributed by atoms with Crippen LogP contribution in [0, 0.1) is 11.6 Å². The van der Waals surface area contributed by atoms with Crippen LogP contribution in [0.1, 0.15) is 18.1 Å². The first-order valence-electron chi connectivity index (χ1n) is 7.89. The minimum absolute atomic E-state index is 0.301. The van der Waals surface area contributed by atoms with E-state index < -0.39 is 47.0 Å². The summed E-state index contributed by atoms with van der Waals surface area (Å²) in [6, 6.07) is 7.03. The fraction of sp³-hybridized carbons (Fsp3) is 0.158. The Labute approximate surface area is 156 Å². The fourth-order valence-electron chi connectivity index (χ4n) is 2.06. The quantitative estimate of drug-likeness (QED) is 0.455. The van der Waals surface area contributed by atoms with Gasteiger partial charge in [-0.15, -0.1) is 0 Å². The zero-order chi connectivity index (χ0) is 20.9. The van der Waals surface area contributed by atoms with Crippen LogP contribution in [0.4, 0.5) is 27.6 Å². The average Bonchev–Trinajstić information content (AvgIpc) is 2.62. The number of carbonyl (C=O) groups is 2. The average molecular weight is 399 g/mol. The summed E-state index contributed by atoms with van der Waals surface area (Å²) in [6.45, 7) is 1.19. The lowest BCUT2D eigenvalue weighted by atomic mass is 10.1. The molecule has 28 heavy (non-hydrogen) atoms. The third kappa shape index (κ3) is 5.63. The van der Waals surface area contributed by atoms with Gasteiger partial charge in [-0.3, -0.25) is 4.79 Å². The molecule has 0 aliphatic rings. The van der Waals surface area contributed by atoms with Gasteiger partial charge in [-0.2, -0.15) is 13.2 Å². The summed E-state index contributed by atoms with van der Waals surface area (Å²) in [4.78, 5) is 23.6. The van der Waals surface area contributed by atoms with Gasteiger partial charge in [0.2, 0.25) is 0 Å². The number of rotatable bonds is 5. The molecule has 0 bridgehead atoms. The Balaban J connectivity index is 1.94. The second-order valence-electron chi connectivity index (χ2n) is 5.62.